The highest BCUT2D eigenvalue weighted by molar-refractivity contribution is 14.0. The lowest BCUT2D eigenvalue weighted by Crippen LogP contribution is -2.33. The van der Waals surface area contributed by atoms with Crippen LogP contribution in [0.1, 0.15) is 12.1 Å². The Labute approximate surface area is 126 Å². The molecule has 108 valence electrons. The van der Waals surface area contributed by atoms with Gasteiger partial charge in [-0.05, 0) is 12.1 Å². The Morgan fingerprint density at radius 2 is 2.11 bits per heavy atom. The Morgan fingerprint density at radius 3 is 2.68 bits per heavy atom. The van der Waals surface area contributed by atoms with Gasteiger partial charge in [-0.2, -0.15) is 13.2 Å². The van der Waals surface area contributed by atoms with Crippen LogP contribution in [0.4, 0.5) is 13.2 Å². The second kappa shape index (κ2) is 8.94. The Kier molecular flexibility index (Phi) is 8.44. The number of nitrogens with two attached hydrogens (primary N) is 1. The summed E-state index contributed by atoms with van der Waals surface area (Å²) in [7, 11) is 0. The molecule has 0 aliphatic carbocycles. The van der Waals surface area contributed by atoms with Crippen molar-refractivity contribution in [2.75, 3.05) is 13.1 Å². The van der Waals surface area contributed by atoms with Gasteiger partial charge in [0.2, 0.25) is 0 Å². The number of halogens is 4. The Bertz CT molecular complexity index is 381. The van der Waals surface area contributed by atoms with E-state index >= 15 is 0 Å². The van der Waals surface area contributed by atoms with Crippen molar-refractivity contribution in [3.63, 3.8) is 0 Å². The molecule has 0 bridgehead atoms. The van der Waals surface area contributed by atoms with E-state index in [4.69, 9.17) is 5.73 Å². The Morgan fingerprint density at radius 1 is 1.37 bits per heavy atom. The van der Waals surface area contributed by atoms with Crippen molar-refractivity contribution < 1.29 is 13.2 Å². The fourth-order valence-corrected chi connectivity index (χ4v) is 1.22. The average molecular weight is 388 g/mol. The summed E-state index contributed by atoms with van der Waals surface area (Å²) >= 11 is 0. The van der Waals surface area contributed by atoms with E-state index in [0.29, 0.717) is 13.0 Å². The predicted molar refractivity (Wildman–Crippen MR) is 78.5 cm³/mol. The lowest BCUT2D eigenvalue weighted by atomic mass is 10.3. The quantitative estimate of drug-likeness (QED) is 0.462. The third-order valence-electron chi connectivity index (χ3n) is 2.09. The molecule has 1 heterocycles. The normalized spacial score (nSPS) is 11.8. The molecule has 0 saturated heterocycles. The van der Waals surface area contributed by atoms with Crippen molar-refractivity contribution in [1.29, 1.82) is 0 Å². The van der Waals surface area contributed by atoms with Gasteiger partial charge in [-0.15, -0.1) is 24.0 Å². The number of nitrogens with zero attached hydrogens (tertiary/aromatic N) is 2. The molecular formula is C11H16F3IN4. The first-order valence-electron chi connectivity index (χ1n) is 5.48. The third-order valence-corrected chi connectivity index (χ3v) is 2.09. The second-order valence-electron chi connectivity index (χ2n) is 3.63. The van der Waals surface area contributed by atoms with E-state index in [0.717, 1.165) is 5.69 Å². The molecule has 1 rings (SSSR count). The number of hydrogen-bond acceptors (Lipinski definition) is 2. The second-order valence-corrected chi connectivity index (χ2v) is 3.63. The smallest absolute Gasteiger partial charge is 0.370 e. The summed E-state index contributed by atoms with van der Waals surface area (Å²) in [6.07, 6.45) is -2.85. The van der Waals surface area contributed by atoms with Crippen molar-refractivity contribution in [1.82, 2.24) is 10.3 Å². The zero-order valence-electron chi connectivity index (χ0n) is 10.2. The van der Waals surface area contributed by atoms with E-state index in [9.17, 15) is 13.2 Å². The first-order chi connectivity index (χ1) is 8.47. The van der Waals surface area contributed by atoms with Crippen molar-refractivity contribution >= 4 is 29.9 Å². The fraction of sp³-hybridized carbons (Fsp3) is 0.455. The van der Waals surface area contributed by atoms with Crippen LogP contribution in [0.2, 0.25) is 0 Å². The van der Waals surface area contributed by atoms with Crippen LogP contribution in [0.15, 0.2) is 29.4 Å². The maximum atomic E-state index is 11.8. The summed E-state index contributed by atoms with van der Waals surface area (Å²) in [4.78, 5) is 7.68. The number of pyridine rings is 1. The maximum absolute atomic E-state index is 11.8. The third kappa shape index (κ3) is 9.51. The molecule has 1 aromatic heterocycles. The molecule has 0 saturated carbocycles. The molecule has 3 N–H and O–H groups in total. The molecule has 0 aliphatic heterocycles. The number of aliphatic imine (C=N–C) groups is 1. The van der Waals surface area contributed by atoms with Crippen molar-refractivity contribution in [2.45, 2.75) is 19.0 Å². The zero-order valence-corrected chi connectivity index (χ0v) is 12.5. The molecule has 1 aromatic rings. The van der Waals surface area contributed by atoms with Gasteiger partial charge in [-0.25, -0.2) is 0 Å². The topological polar surface area (TPSA) is 63.3 Å². The van der Waals surface area contributed by atoms with Gasteiger partial charge < -0.3 is 11.1 Å². The van der Waals surface area contributed by atoms with Crippen LogP contribution in [-0.2, 0) is 6.42 Å². The molecule has 0 spiro atoms. The summed E-state index contributed by atoms with van der Waals surface area (Å²) in [6, 6.07) is 5.53. The van der Waals surface area contributed by atoms with Crippen LogP contribution in [0.25, 0.3) is 0 Å². The van der Waals surface area contributed by atoms with E-state index in [1.165, 1.54) is 0 Å². The fourth-order valence-electron chi connectivity index (χ4n) is 1.22. The molecule has 0 atom stereocenters. The predicted octanol–water partition coefficient (Wildman–Crippen LogP) is 2.10. The summed E-state index contributed by atoms with van der Waals surface area (Å²) in [5.74, 6) is 0.0233. The summed E-state index contributed by atoms with van der Waals surface area (Å²) in [6.45, 7) is 0.129. The molecule has 0 aromatic carbocycles. The summed E-state index contributed by atoms with van der Waals surface area (Å²) in [5, 5.41) is 2.74. The molecular weight excluding hydrogens is 372 g/mol. The number of alkyl halides is 3. The van der Waals surface area contributed by atoms with Gasteiger partial charge in [-0.3, -0.25) is 9.98 Å². The van der Waals surface area contributed by atoms with Crippen LogP contribution < -0.4 is 11.1 Å². The highest BCUT2D eigenvalue weighted by Crippen LogP contribution is 2.18. The minimum Gasteiger partial charge on any atom is -0.370 e. The lowest BCUT2D eigenvalue weighted by Gasteiger charge is -2.06. The van der Waals surface area contributed by atoms with Gasteiger partial charge in [0, 0.05) is 24.9 Å². The summed E-state index contributed by atoms with van der Waals surface area (Å²) in [5.41, 5.74) is 6.30. The Hall–Kier alpha value is -1.06. The van der Waals surface area contributed by atoms with Crippen LogP contribution >= 0.6 is 24.0 Å². The first-order valence-corrected chi connectivity index (χ1v) is 5.48. The molecule has 8 heteroatoms. The van der Waals surface area contributed by atoms with Gasteiger partial charge in [0.05, 0.1) is 13.0 Å². The van der Waals surface area contributed by atoms with Gasteiger partial charge >= 0.3 is 6.18 Å². The molecule has 0 amide bonds. The van der Waals surface area contributed by atoms with Crippen molar-refractivity contribution in [2.24, 2.45) is 10.7 Å². The summed E-state index contributed by atoms with van der Waals surface area (Å²) < 4.78 is 35.5. The van der Waals surface area contributed by atoms with Gasteiger partial charge in [0.15, 0.2) is 5.96 Å². The minimum absolute atomic E-state index is 0. The van der Waals surface area contributed by atoms with Crippen LogP contribution in [0.5, 0.6) is 0 Å². The number of guanidine groups is 1. The molecule has 4 nitrogen and oxygen atoms in total. The van der Waals surface area contributed by atoms with E-state index in [1.807, 2.05) is 18.2 Å². The molecule has 0 fully saturated rings. The van der Waals surface area contributed by atoms with Crippen LogP contribution in [0.3, 0.4) is 0 Å². The maximum Gasteiger partial charge on any atom is 0.390 e. The van der Waals surface area contributed by atoms with Crippen molar-refractivity contribution in [3.05, 3.63) is 30.1 Å². The van der Waals surface area contributed by atoms with Gasteiger partial charge in [-0.1, -0.05) is 6.07 Å². The number of nitrogens with one attached hydrogen (secondary N) is 1. The molecule has 0 radical (unpaired) electrons. The number of aromatic nitrogens is 1. The standard InChI is InChI=1S/C11H15F3N4.HI/c12-11(13,14)5-8-18-10(15)17-7-4-9-3-1-2-6-16-9;/h1-3,6H,4-5,7-8H2,(H3,15,17,18);1H. The van der Waals surface area contributed by atoms with E-state index < -0.39 is 12.6 Å². The average Bonchev–Trinajstić information content (AvgIpc) is 2.28. The minimum atomic E-state index is -4.20. The van der Waals surface area contributed by atoms with E-state index in [2.05, 4.69) is 15.3 Å². The monoisotopic (exact) mass is 388 g/mol. The number of rotatable bonds is 5. The molecule has 0 unspecified atom stereocenters. The van der Waals surface area contributed by atoms with Gasteiger partial charge in [0.1, 0.15) is 0 Å². The highest BCUT2D eigenvalue weighted by Gasteiger charge is 2.25. The number of hydrogen-bond donors (Lipinski definition) is 2. The SMILES string of the molecule is I.NC(=NCCC(F)(F)F)NCCc1ccccn1. The van der Waals surface area contributed by atoms with Gasteiger partial charge in [0.25, 0.3) is 0 Å². The zero-order chi connectivity index (χ0) is 13.4. The molecule has 0 aliphatic rings. The Balaban J connectivity index is 0.00000324. The van der Waals surface area contributed by atoms with Crippen molar-refractivity contribution in [3.8, 4) is 0 Å². The first kappa shape index (κ1) is 17.9. The van der Waals surface area contributed by atoms with E-state index in [1.54, 1.807) is 6.20 Å². The molecule has 19 heavy (non-hydrogen) atoms. The highest BCUT2D eigenvalue weighted by atomic mass is 127. The van der Waals surface area contributed by atoms with E-state index in [-0.39, 0.29) is 36.5 Å². The largest absolute Gasteiger partial charge is 0.390 e. The van der Waals surface area contributed by atoms with Crippen LogP contribution in [-0.4, -0.2) is 30.2 Å². The van der Waals surface area contributed by atoms with Crippen LogP contribution in [0, 0.1) is 0 Å². The lowest BCUT2D eigenvalue weighted by molar-refractivity contribution is -0.132.